The highest BCUT2D eigenvalue weighted by molar-refractivity contribution is 14.1. The summed E-state index contributed by atoms with van der Waals surface area (Å²) in [5.74, 6) is 1.67. The second-order valence-electron chi connectivity index (χ2n) is 8.97. The smallest absolute Gasteiger partial charge is 0.258 e. The van der Waals surface area contributed by atoms with Crippen LogP contribution in [0.1, 0.15) is 28.8 Å². The van der Waals surface area contributed by atoms with E-state index in [1.54, 1.807) is 14.2 Å². The van der Waals surface area contributed by atoms with Crippen LogP contribution in [0, 0.1) is 10.5 Å². The molecule has 0 atom stereocenters. The standard InChI is InChI=1S/C27H29IN6O3S/c1-15-20(36-2)12-21(37-3)22(28)23(15)34-27(35)19-13-38-25-24(19)30-14-31-26(25)33-17-6-4-16(5-7-17)32-18-8-10-29-11-9-18/h4-7,12-14,18,29,32H,8-11H2,1-3H3,(H,34,35)(H,30,31,33). The number of rotatable bonds is 8. The largest absolute Gasteiger partial charge is 0.496 e. The minimum atomic E-state index is -0.259. The SMILES string of the molecule is COc1cc(OC)c(I)c(NC(=O)c2csc3c(Nc4ccc(NC5CCNCC5)cc4)ncnc23)c1C. The van der Waals surface area contributed by atoms with Crippen molar-refractivity contribution in [3.8, 4) is 11.5 Å². The first-order chi connectivity index (χ1) is 18.5. The maximum Gasteiger partial charge on any atom is 0.258 e. The van der Waals surface area contributed by atoms with E-state index < -0.39 is 0 Å². The summed E-state index contributed by atoms with van der Waals surface area (Å²) in [5.41, 5.74) is 4.56. The Morgan fingerprint density at radius 1 is 1.08 bits per heavy atom. The summed E-state index contributed by atoms with van der Waals surface area (Å²) in [5, 5.41) is 15.2. The second kappa shape index (κ2) is 11.7. The fraction of sp³-hybridized carbons (Fsp3) is 0.296. The highest BCUT2D eigenvalue weighted by Gasteiger charge is 2.21. The van der Waals surface area contributed by atoms with Gasteiger partial charge in [-0.05, 0) is 79.7 Å². The van der Waals surface area contributed by atoms with Crippen molar-refractivity contribution < 1.29 is 14.3 Å². The van der Waals surface area contributed by atoms with Gasteiger partial charge in [0, 0.05) is 34.4 Å². The number of hydrogen-bond acceptors (Lipinski definition) is 9. The number of carbonyl (C=O) groups is 1. The predicted molar refractivity (Wildman–Crippen MR) is 162 cm³/mol. The molecule has 1 saturated heterocycles. The number of nitrogens with one attached hydrogen (secondary N) is 4. The number of methoxy groups -OCH3 is 2. The zero-order valence-corrected chi connectivity index (χ0v) is 24.3. The molecule has 11 heteroatoms. The van der Waals surface area contributed by atoms with E-state index in [1.165, 1.54) is 17.7 Å². The lowest BCUT2D eigenvalue weighted by Gasteiger charge is -2.24. The van der Waals surface area contributed by atoms with Gasteiger partial charge in [0.05, 0.1) is 39.3 Å². The van der Waals surface area contributed by atoms with Gasteiger partial charge < -0.3 is 30.7 Å². The molecule has 38 heavy (non-hydrogen) atoms. The maximum absolute atomic E-state index is 13.4. The number of aromatic nitrogens is 2. The monoisotopic (exact) mass is 644 g/mol. The van der Waals surface area contributed by atoms with Crippen LogP contribution in [-0.4, -0.2) is 49.2 Å². The molecule has 1 fully saturated rings. The average Bonchev–Trinajstić information content (AvgIpc) is 3.38. The first-order valence-corrected chi connectivity index (χ1v) is 14.2. The second-order valence-corrected chi connectivity index (χ2v) is 10.9. The van der Waals surface area contributed by atoms with Crippen molar-refractivity contribution in [1.29, 1.82) is 0 Å². The zero-order chi connectivity index (χ0) is 26.6. The van der Waals surface area contributed by atoms with Crippen LogP contribution in [0.4, 0.5) is 22.9 Å². The molecule has 1 aliphatic heterocycles. The third kappa shape index (κ3) is 5.49. The van der Waals surface area contributed by atoms with E-state index in [0.29, 0.717) is 40.1 Å². The molecule has 1 aliphatic rings. The molecule has 2 aromatic heterocycles. The van der Waals surface area contributed by atoms with E-state index in [0.717, 1.165) is 51.1 Å². The molecule has 0 radical (unpaired) electrons. The number of nitrogens with zero attached hydrogens (tertiary/aromatic N) is 2. The number of amides is 1. The lowest BCUT2D eigenvalue weighted by atomic mass is 10.1. The van der Waals surface area contributed by atoms with Gasteiger partial charge in [0.25, 0.3) is 5.91 Å². The molecule has 9 nitrogen and oxygen atoms in total. The molecule has 5 rings (SSSR count). The molecular weight excluding hydrogens is 615 g/mol. The number of carbonyl (C=O) groups excluding carboxylic acids is 1. The summed E-state index contributed by atoms with van der Waals surface area (Å²) < 4.78 is 12.6. The number of benzene rings is 2. The van der Waals surface area contributed by atoms with Crippen LogP contribution in [0.5, 0.6) is 11.5 Å². The first-order valence-electron chi connectivity index (χ1n) is 12.3. The summed E-state index contributed by atoms with van der Waals surface area (Å²) >= 11 is 3.60. The van der Waals surface area contributed by atoms with Gasteiger partial charge in [0.2, 0.25) is 0 Å². The molecular formula is C27H29IN6O3S. The zero-order valence-electron chi connectivity index (χ0n) is 21.4. The Kier molecular flexibility index (Phi) is 8.15. The van der Waals surface area contributed by atoms with Crippen LogP contribution >= 0.6 is 33.9 Å². The number of halogens is 1. The van der Waals surface area contributed by atoms with Gasteiger partial charge >= 0.3 is 0 Å². The molecule has 0 bridgehead atoms. The van der Waals surface area contributed by atoms with E-state index in [1.807, 2.05) is 30.5 Å². The normalized spacial score (nSPS) is 13.8. The molecule has 2 aromatic carbocycles. The minimum absolute atomic E-state index is 0.259. The van der Waals surface area contributed by atoms with Gasteiger partial charge in [-0.3, -0.25) is 4.79 Å². The van der Waals surface area contributed by atoms with Crippen molar-refractivity contribution in [2.24, 2.45) is 0 Å². The lowest BCUT2D eigenvalue weighted by Crippen LogP contribution is -2.35. The molecule has 0 aliphatic carbocycles. The lowest BCUT2D eigenvalue weighted by molar-refractivity contribution is 0.102. The Labute approximate surface area is 238 Å². The van der Waals surface area contributed by atoms with Crippen molar-refractivity contribution in [3.63, 3.8) is 0 Å². The Morgan fingerprint density at radius 2 is 1.79 bits per heavy atom. The quantitative estimate of drug-likeness (QED) is 0.179. The topological polar surface area (TPSA) is 109 Å². The molecule has 1 amide bonds. The molecule has 198 valence electrons. The highest BCUT2D eigenvalue weighted by Crippen LogP contribution is 2.39. The number of piperidine rings is 1. The van der Waals surface area contributed by atoms with Crippen molar-refractivity contribution in [2.75, 3.05) is 43.3 Å². The molecule has 0 unspecified atom stereocenters. The maximum atomic E-state index is 13.4. The van der Waals surface area contributed by atoms with Crippen LogP contribution < -0.4 is 30.7 Å². The van der Waals surface area contributed by atoms with Crippen LogP contribution in [0.15, 0.2) is 42.0 Å². The van der Waals surface area contributed by atoms with Gasteiger partial charge in [-0.15, -0.1) is 11.3 Å². The van der Waals surface area contributed by atoms with Gasteiger partial charge in [-0.1, -0.05) is 0 Å². The molecule has 0 spiro atoms. The fourth-order valence-corrected chi connectivity index (χ4v) is 6.34. The van der Waals surface area contributed by atoms with E-state index in [-0.39, 0.29) is 5.91 Å². The van der Waals surface area contributed by atoms with Crippen molar-refractivity contribution in [2.45, 2.75) is 25.8 Å². The number of fused-ring (bicyclic) bond motifs is 1. The van der Waals surface area contributed by atoms with Crippen LogP contribution in [0.2, 0.25) is 0 Å². The highest BCUT2D eigenvalue weighted by atomic mass is 127. The number of hydrogen-bond donors (Lipinski definition) is 4. The summed E-state index contributed by atoms with van der Waals surface area (Å²) in [6.45, 7) is 4.00. The fourth-order valence-electron chi connectivity index (χ4n) is 4.48. The van der Waals surface area contributed by atoms with Gasteiger partial charge in [-0.2, -0.15) is 0 Å². The van der Waals surface area contributed by atoms with Crippen LogP contribution in [-0.2, 0) is 0 Å². The molecule has 3 heterocycles. The van der Waals surface area contributed by atoms with Crippen LogP contribution in [0.25, 0.3) is 10.2 Å². The van der Waals surface area contributed by atoms with Gasteiger partial charge in [0.15, 0.2) is 5.82 Å². The van der Waals surface area contributed by atoms with E-state index in [9.17, 15) is 4.79 Å². The average molecular weight is 645 g/mol. The van der Waals surface area contributed by atoms with Gasteiger partial charge in [-0.25, -0.2) is 9.97 Å². The van der Waals surface area contributed by atoms with Gasteiger partial charge in [0.1, 0.15) is 17.8 Å². The number of thiophene rings is 1. The number of anilines is 4. The predicted octanol–water partition coefficient (Wildman–Crippen LogP) is 5.78. The Balaban J connectivity index is 1.35. The first kappa shape index (κ1) is 26.4. The number of ether oxygens (including phenoxy) is 2. The van der Waals surface area contributed by atoms with Crippen molar-refractivity contribution in [1.82, 2.24) is 15.3 Å². The van der Waals surface area contributed by atoms with Crippen molar-refractivity contribution >= 4 is 72.9 Å². The molecule has 4 N–H and O–H groups in total. The Hall–Kier alpha value is -3.16. The van der Waals surface area contributed by atoms with E-state index in [2.05, 4.69) is 66.0 Å². The summed E-state index contributed by atoms with van der Waals surface area (Å²) in [4.78, 5) is 22.3. The Morgan fingerprint density at radius 3 is 2.50 bits per heavy atom. The van der Waals surface area contributed by atoms with E-state index in [4.69, 9.17) is 9.47 Å². The summed E-state index contributed by atoms with van der Waals surface area (Å²) in [6.07, 6.45) is 3.72. The summed E-state index contributed by atoms with van der Waals surface area (Å²) in [6, 6.07) is 10.5. The Bertz CT molecular complexity index is 1430. The molecule has 0 saturated carbocycles. The van der Waals surface area contributed by atoms with E-state index >= 15 is 0 Å². The third-order valence-corrected chi connectivity index (χ3v) is 8.62. The summed E-state index contributed by atoms with van der Waals surface area (Å²) in [7, 11) is 3.19. The third-order valence-electron chi connectivity index (χ3n) is 6.58. The van der Waals surface area contributed by atoms with Crippen LogP contribution in [0.3, 0.4) is 0 Å². The minimum Gasteiger partial charge on any atom is -0.496 e. The van der Waals surface area contributed by atoms with Crippen molar-refractivity contribution in [3.05, 3.63) is 56.7 Å². The molecule has 4 aromatic rings.